The van der Waals surface area contributed by atoms with Gasteiger partial charge in [-0.2, -0.15) is 5.10 Å². The third-order valence-electron chi connectivity index (χ3n) is 3.48. The number of amides is 1. The lowest BCUT2D eigenvalue weighted by molar-refractivity contribution is -0.160. The van der Waals surface area contributed by atoms with E-state index in [9.17, 15) is 9.59 Å². The minimum Gasteiger partial charge on any atom is -0.479 e. The molecule has 21 heavy (non-hydrogen) atoms. The van der Waals surface area contributed by atoms with Crippen molar-refractivity contribution >= 4 is 17.4 Å². The van der Waals surface area contributed by atoms with E-state index in [1.807, 2.05) is 12.1 Å². The number of morpholine rings is 1. The van der Waals surface area contributed by atoms with Crippen LogP contribution in [0, 0.1) is 0 Å². The van der Waals surface area contributed by atoms with E-state index in [1.165, 1.54) is 11.1 Å². The molecule has 7 nitrogen and oxygen atoms in total. The third kappa shape index (κ3) is 2.47. The number of pyridine rings is 1. The van der Waals surface area contributed by atoms with E-state index in [0.29, 0.717) is 17.6 Å². The van der Waals surface area contributed by atoms with Gasteiger partial charge in [-0.25, -0.2) is 9.31 Å². The van der Waals surface area contributed by atoms with Crippen LogP contribution in [0.15, 0.2) is 30.6 Å². The topological polar surface area (TPSA) is 84.1 Å². The van der Waals surface area contributed by atoms with Gasteiger partial charge >= 0.3 is 5.97 Å². The second-order valence-corrected chi connectivity index (χ2v) is 5.07. The summed E-state index contributed by atoms with van der Waals surface area (Å²) in [6, 6.07) is 5.46. The predicted octanol–water partition coefficient (Wildman–Crippen LogP) is 0.648. The zero-order chi connectivity index (χ0) is 15.0. The van der Waals surface area contributed by atoms with E-state index in [2.05, 4.69) is 5.10 Å². The van der Waals surface area contributed by atoms with Crippen molar-refractivity contribution in [1.82, 2.24) is 14.5 Å². The molecule has 1 aliphatic rings. The molecule has 2 aromatic heterocycles. The second kappa shape index (κ2) is 5.17. The van der Waals surface area contributed by atoms with Crippen LogP contribution in [0.25, 0.3) is 5.52 Å². The van der Waals surface area contributed by atoms with Crippen molar-refractivity contribution < 1.29 is 19.4 Å². The van der Waals surface area contributed by atoms with E-state index < -0.39 is 12.1 Å². The number of carboxylic acid groups (broad SMARTS) is 1. The minimum absolute atomic E-state index is 0.0443. The molecule has 1 fully saturated rings. The Bertz CT molecular complexity index is 696. The van der Waals surface area contributed by atoms with Gasteiger partial charge in [-0.15, -0.1) is 0 Å². The summed E-state index contributed by atoms with van der Waals surface area (Å²) in [6.07, 6.45) is 1.96. The SMILES string of the molecule is C[C@@H]1CN(C(=O)c2cnn3ccccc23)CC(C(=O)O)O1. The van der Waals surface area contributed by atoms with Crippen LogP contribution in [0.3, 0.4) is 0 Å². The number of carbonyl (C=O) groups excluding carboxylic acids is 1. The molecule has 0 saturated carbocycles. The van der Waals surface area contributed by atoms with Crippen molar-refractivity contribution in [2.45, 2.75) is 19.1 Å². The third-order valence-corrected chi connectivity index (χ3v) is 3.48. The Morgan fingerprint density at radius 2 is 2.19 bits per heavy atom. The Morgan fingerprint density at radius 1 is 1.38 bits per heavy atom. The van der Waals surface area contributed by atoms with E-state index in [-0.39, 0.29) is 18.6 Å². The summed E-state index contributed by atoms with van der Waals surface area (Å²) in [5, 5.41) is 13.2. The van der Waals surface area contributed by atoms with Crippen molar-refractivity contribution in [3.05, 3.63) is 36.2 Å². The van der Waals surface area contributed by atoms with Crippen molar-refractivity contribution in [1.29, 1.82) is 0 Å². The predicted molar refractivity (Wildman–Crippen MR) is 73.1 cm³/mol. The lowest BCUT2D eigenvalue weighted by atomic mass is 10.1. The maximum atomic E-state index is 12.6. The van der Waals surface area contributed by atoms with Gasteiger partial charge in [0.2, 0.25) is 0 Å². The summed E-state index contributed by atoms with van der Waals surface area (Å²) in [6.45, 7) is 2.17. The van der Waals surface area contributed by atoms with Crippen LogP contribution >= 0.6 is 0 Å². The molecule has 7 heteroatoms. The average molecular weight is 289 g/mol. The van der Waals surface area contributed by atoms with Gasteiger partial charge < -0.3 is 14.7 Å². The maximum Gasteiger partial charge on any atom is 0.334 e. The van der Waals surface area contributed by atoms with Gasteiger partial charge in [0.15, 0.2) is 6.10 Å². The molecule has 0 aromatic carbocycles. The lowest BCUT2D eigenvalue weighted by Gasteiger charge is -2.34. The molecule has 1 N–H and O–H groups in total. The highest BCUT2D eigenvalue weighted by atomic mass is 16.5. The fourth-order valence-corrected chi connectivity index (χ4v) is 2.52. The number of carbonyl (C=O) groups is 2. The number of aliphatic carboxylic acids is 1. The van der Waals surface area contributed by atoms with Gasteiger partial charge in [0.05, 0.1) is 29.9 Å². The van der Waals surface area contributed by atoms with Crippen LogP contribution in [0.4, 0.5) is 0 Å². The first-order chi connectivity index (χ1) is 10.1. The summed E-state index contributed by atoms with van der Waals surface area (Å²) in [4.78, 5) is 25.2. The van der Waals surface area contributed by atoms with Crippen molar-refractivity contribution in [2.75, 3.05) is 13.1 Å². The summed E-state index contributed by atoms with van der Waals surface area (Å²) >= 11 is 0. The molecular weight excluding hydrogens is 274 g/mol. The molecule has 2 aromatic rings. The molecule has 1 unspecified atom stereocenters. The Kier molecular flexibility index (Phi) is 3.34. The van der Waals surface area contributed by atoms with Crippen molar-refractivity contribution in [3.8, 4) is 0 Å². The first-order valence-corrected chi connectivity index (χ1v) is 6.66. The molecule has 110 valence electrons. The van der Waals surface area contributed by atoms with E-state index in [0.717, 1.165) is 0 Å². The number of rotatable bonds is 2. The fourth-order valence-electron chi connectivity index (χ4n) is 2.52. The van der Waals surface area contributed by atoms with Gasteiger partial charge in [0.25, 0.3) is 5.91 Å². The second-order valence-electron chi connectivity index (χ2n) is 5.07. The first-order valence-electron chi connectivity index (χ1n) is 6.66. The van der Waals surface area contributed by atoms with Crippen LogP contribution in [-0.2, 0) is 9.53 Å². The van der Waals surface area contributed by atoms with Crippen molar-refractivity contribution in [3.63, 3.8) is 0 Å². The fraction of sp³-hybridized carbons (Fsp3) is 0.357. The molecule has 0 spiro atoms. The van der Waals surface area contributed by atoms with Crippen LogP contribution in [-0.4, -0.2) is 56.8 Å². The summed E-state index contributed by atoms with van der Waals surface area (Å²) in [5.74, 6) is -1.28. The average Bonchev–Trinajstić information content (AvgIpc) is 2.89. The number of nitrogens with zero attached hydrogens (tertiary/aromatic N) is 3. The molecule has 3 rings (SSSR count). The quantitative estimate of drug-likeness (QED) is 0.877. The van der Waals surface area contributed by atoms with Crippen molar-refractivity contribution in [2.24, 2.45) is 0 Å². The van der Waals surface area contributed by atoms with Crippen LogP contribution in [0.5, 0.6) is 0 Å². The molecule has 0 bridgehead atoms. The first kappa shape index (κ1) is 13.6. The summed E-state index contributed by atoms with van der Waals surface area (Å²) in [5.41, 5.74) is 1.17. The van der Waals surface area contributed by atoms with Gasteiger partial charge in [-0.3, -0.25) is 4.79 Å². The van der Waals surface area contributed by atoms with Crippen LogP contribution < -0.4 is 0 Å². The highest BCUT2D eigenvalue weighted by Crippen LogP contribution is 2.17. The molecule has 2 atom stereocenters. The molecule has 0 aliphatic carbocycles. The Hall–Kier alpha value is -2.41. The monoisotopic (exact) mass is 289 g/mol. The van der Waals surface area contributed by atoms with Gasteiger partial charge in [-0.1, -0.05) is 6.07 Å². The highest BCUT2D eigenvalue weighted by Gasteiger charge is 2.33. The number of hydrogen-bond acceptors (Lipinski definition) is 4. The van der Waals surface area contributed by atoms with Gasteiger partial charge in [0, 0.05) is 12.7 Å². The normalized spacial score (nSPS) is 22.4. The number of aromatic nitrogens is 2. The standard InChI is InChI=1S/C14H15N3O4/c1-9-7-16(8-12(21-9)14(19)20)13(18)10-6-15-17-5-3-2-4-11(10)17/h2-6,9,12H,7-8H2,1H3,(H,19,20)/t9-,12?/m1/s1. The number of ether oxygens (including phenoxy) is 1. The molecule has 0 radical (unpaired) electrons. The Labute approximate surface area is 120 Å². The lowest BCUT2D eigenvalue weighted by Crippen LogP contribution is -2.51. The molecule has 1 saturated heterocycles. The molecule has 1 amide bonds. The molecule has 1 aliphatic heterocycles. The maximum absolute atomic E-state index is 12.6. The molecule has 3 heterocycles. The van der Waals surface area contributed by atoms with Crippen LogP contribution in [0.2, 0.25) is 0 Å². The van der Waals surface area contributed by atoms with E-state index in [1.54, 1.807) is 23.7 Å². The summed E-state index contributed by atoms with van der Waals surface area (Å²) < 4.78 is 6.94. The van der Waals surface area contributed by atoms with Gasteiger partial charge in [-0.05, 0) is 19.1 Å². The van der Waals surface area contributed by atoms with E-state index in [4.69, 9.17) is 9.84 Å². The Morgan fingerprint density at radius 3 is 2.95 bits per heavy atom. The number of fused-ring (bicyclic) bond motifs is 1. The van der Waals surface area contributed by atoms with Gasteiger partial charge in [0.1, 0.15) is 0 Å². The highest BCUT2D eigenvalue weighted by molar-refractivity contribution is 6.00. The zero-order valence-corrected chi connectivity index (χ0v) is 11.5. The summed E-state index contributed by atoms with van der Waals surface area (Å²) in [7, 11) is 0. The number of hydrogen-bond donors (Lipinski definition) is 1. The Balaban J connectivity index is 1.89. The minimum atomic E-state index is -1.06. The smallest absolute Gasteiger partial charge is 0.334 e. The largest absolute Gasteiger partial charge is 0.479 e. The van der Waals surface area contributed by atoms with E-state index >= 15 is 0 Å². The zero-order valence-electron chi connectivity index (χ0n) is 11.5. The number of carboxylic acids is 1. The molecular formula is C14H15N3O4. The van der Waals surface area contributed by atoms with Crippen LogP contribution in [0.1, 0.15) is 17.3 Å².